The molecule has 0 bridgehead atoms. The lowest BCUT2D eigenvalue weighted by Crippen LogP contribution is -2.34. The summed E-state index contributed by atoms with van der Waals surface area (Å²) in [5.41, 5.74) is 1.68. The predicted octanol–water partition coefficient (Wildman–Crippen LogP) is 1.51. The molecule has 1 aliphatic heterocycles. The fourth-order valence-electron chi connectivity index (χ4n) is 3.02. The van der Waals surface area contributed by atoms with Crippen molar-refractivity contribution < 1.29 is 0 Å². The molecule has 2 heterocycles. The van der Waals surface area contributed by atoms with E-state index in [4.69, 9.17) is 0 Å². The molecule has 112 valence electrons. The minimum Gasteiger partial charge on any atom is -0.309 e. The summed E-state index contributed by atoms with van der Waals surface area (Å²) in [6, 6.07) is 0.162. The van der Waals surface area contributed by atoms with Gasteiger partial charge in [-0.05, 0) is 46.4 Å². The monoisotopic (exact) mass is 278 g/mol. The van der Waals surface area contributed by atoms with Crippen molar-refractivity contribution in [3.05, 3.63) is 27.4 Å². The third kappa shape index (κ3) is 3.10. The van der Waals surface area contributed by atoms with Gasteiger partial charge in [-0.15, -0.1) is 0 Å². The van der Waals surface area contributed by atoms with E-state index in [0.29, 0.717) is 0 Å². The van der Waals surface area contributed by atoms with Gasteiger partial charge in [0, 0.05) is 17.8 Å². The van der Waals surface area contributed by atoms with E-state index in [1.54, 1.807) is 0 Å². The molecule has 0 spiro atoms. The second-order valence-corrected chi connectivity index (χ2v) is 6.22. The van der Waals surface area contributed by atoms with E-state index in [0.717, 1.165) is 43.1 Å². The highest BCUT2D eigenvalue weighted by Crippen LogP contribution is 2.21. The van der Waals surface area contributed by atoms with Crippen LogP contribution in [0.15, 0.2) is 4.79 Å². The number of aryl methyl sites for hydroxylation is 1. The van der Waals surface area contributed by atoms with Crippen molar-refractivity contribution in [1.82, 2.24) is 19.8 Å². The molecule has 1 fully saturated rings. The lowest BCUT2D eigenvalue weighted by molar-refractivity contribution is 0.219. The van der Waals surface area contributed by atoms with Crippen molar-refractivity contribution in [3.63, 3.8) is 0 Å². The Kier molecular flexibility index (Phi) is 4.60. The maximum atomic E-state index is 12.3. The van der Waals surface area contributed by atoms with Gasteiger partial charge in [-0.2, -0.15) is 0 Å². The van der Waals surface area contributed by atoms with Crippen molar-refractivity contribution in [2.75, 3.05) is 33.7 Å². The van der Waals surface area contributed by atoms with Gasteiger partial charge < -0.3 is 9.88 Å². The van der Waals surface area contributed by atoms with Crippen LogP contribution in [0.5, 0.6) is 0 Å². The Morgan fingerprint density at radius 2 is 2.00 bits per heavy atom. The molecule has 5 nitrogen and oxygen atoms in total. The molecule has 1 saturated heterocycles. The fourth-order valence-corrected chi connectivity index (χ4v) is 3.02. The maximum Gasteiger partial charge on any atom is 0.254 e. The largest absolute Gasteiger partial charge is 0.309 e. The summed E-state index contributed by atoms with van der Waals surface area (Å²) in [6.45, 7) is 9.03. The van der Waals surface area contributed by atoms with Gasteiger partial charge in [0.1, 0.15) is 5.82 Å². The second kappa shape index (κ2) is 6.06. The zero-order valence-electron chi connectivity index (χ0n) is 13.2. The molecule has 1 aromatic heterocycles. The van der Waals surface area contributed by atoms with Crippen LogP contribution in [0.1, 0.15) is 49.3 Å². The van der Waals surface area contributed by atoms with Crippen LogP contribution in [0.3, 0.4) is 0 Å². The van der Waals surface area contributed by atoms with Crippen LogP contribution >= 0.6 is 0 Å². The number of rotatable bonds is 2. The molecule has 0 saturated carbocycles. The highest BCUT2D eigenvalue weighted by Gasteiger charge is 2.25. The number of nitrogens with zero attached hydrogens (tertiary/aromatic N) is 3. The zero-order chi connectivity index (χ0) is 14.9. The quantitative estimate of drug-likeness (QED) is 0.891. The number of hydrogen-bond donors (Lipinski definition) is 1. The normalized spacial score (nSPS) is 22.2. The van der Waals surface area contributed by atoms with Gasteiger partial charge in [0.2, 0.25) is 0 Å². The van der Waals surface area contributed by atoms with Crippen LogP contribution < -0.4 is 5.56 Å². The first-order valence-corrected chi connectivity index (χ1v) is 7.39. The highest BCUT2D eigenvalue weighted by atomic mass is 16.1. The highest BCUT2D eigenvalue weighted by molar-refractivity contribution is 5.21. The first-order chi connectivity index (χ1) is 9.40. The van der Waals surface area contributed by atoms with Crippen molar-refractivity contribution in [1.29, 1.82) is 0 Å². The molecule has 1 aliphatic rings. The average Bonchev–Trinajstić information content (AvgIpc) is 2.49. The molecular weight excluding hydrogens is 252 g/mol. The van der Waals surface area contributed by atoms with Crippen molar-refractivity contribution in [2.45, 2.75) is 39.2 Å². The van der Waals surface area contributed by atoms with Gasteiger partial charge in [0.15, 0.2) is 0 Å². The molecule has 5 heteroatoms. The SMILES string of the molecule is Cc1nc(C2CN(C)CCCN2C)[nH]c(=O)c1C(C)C. The third-order valence-electron chi connectivity index (χ3n) is 4.12. The Hall–Kier alpha value is -1.20. The number of hydrogen-bond acceptors (Lipinski definition) is 4. The molecular formula is C15H26N4O. The van der Waals surface area contributed by atoms with Crippen LogP contribution in [-0.4, -0.2) is 53.5 Å². The van der Waals surface area contributed by atoms with Gasteiger partial charge in [-0.25, -0.2) is 4.98 Å². The molecule has 0 amide bonds. The van der Waals surface area contributed by atoms with E-state index >= 15 is 0 Å². The number of aromatic amines is 1. The van der Waals surface area contributed by atoms with E-state index in [1.807, 2.05) is 20.8 Å². The standard InChI is InChI=1S/C15H26N4O/c1-10(2)13-11(3)16-14(17-15(13)20)12-9-18(4)7-6-8-19(12)5/h10,12H,6-9H2,1-5H3,(H,16,17,20). The zero-order valence-corrected chi connectivity index (χ0v) is 13.2. The lowest BCUT2D eigenvalue weighted by atomic mass is 10.0. The summed E-state index contributed by atoms with van der Waals surface area (Å²) in [5, 5.41) is 0. The predicted molar refractivity (Wildman–Crippen MR) is 81.2 cm³/mol. The van der Waals surface area contributed by atoms with Gasteiger partial charge in [-0.3, -0.25) is 9.69 Å². The smallest absolute Gasteiger partial charge is 0.254 e. The summed E-state index contributed by atoms with van der Waals surface area (Å²) in [7, 11) is 4.23. The summed E-state index contributed by atoms with van der Waals surface area (Å²) in [5.74, 6) is 1.00. The maximum absolute atomic E-state index is 12.3. The van der Waals surface area contributed by atoms with E-state index in [1.165, 1.54) is 0 Å². The average molecular weight is 278 g/mol. The van der Waals surface area contributed by atoms with Crippen LogP contribution in [0.4, 0.5) is 0 Å². The number of aromatic nitrogens is 2. The molecule has 0 radical (unpaired) electrons. The first-order valence-electron chi connectivity index (χ1n) is 7.39. The first kappa shape index (κ1) is 15.2. The van der Waals surface area contributed by atoms with E-state index in [2.05, 4.69) is 33.9 Å². The minimum atomic E-state index is 0.0165. The Bertz CT molecular complexity index is 523. The summed E-state index contributed by atoms with van der Waals surface area (Å²) < 4.78 is 0. The Labute approximate surface area is 121 Å². The van der Waals surface area contributed by atoms with Gasteiger partial charge in [0.25, 0.3) is 5.56 Å². The van der Waals surface area contributed by atoms with Crippen molar-refractivity contribution in [3.8, 4) is 0 Å². The second-order valence-electron chi connectivity index (χ2n) is 6.22. The molecule has 0 aliphatic carbocycles. The lowest BCUT2D eigenvalue weighted by Gasteiger charge is -2.27. The van der Waals surface area contributed by atoms with Crippen LogP contribution in [-0.2, 0) is 0 Å². The van der Waals surface area contributed by atoms with Gasteiger partial charge >= 0.3 is 0 Å². The molecule has 1 aromatic rings. The van der Waals surface area contributed by atoms with Crippen LogP contribution in [0, 0.1) is 6.92 Å². The molecule has 0 aromatic carbocycles. The number of H-pyrrole nitrogens is 1. The minimum absolute atomic E-state index is 0.0165. The van der Waals surface area contributed by atoms with E-state index in [9.17, 15) is 4.79 Å². The van der Waals surface area contributed by atoms with Gasteiger partial charge in [-0.1, -0.05) is 13.8 Å². The Morgan fingerprint density at radius 3 is 2.60 bits per heavy atom. The molecule has 20 heavy (non-hydrogen) atoms. The molecule has 2 rings (SSSR count). The fraction of sp³-hybridized carbons (Fsp3) is 0.733. The van der Waals surface area contributed by atoms with Crippen molar-refractivity contribution >= 4 is 0 Å². The van der Waals surface area contributed by atoms with E-state index in [-0.39, 0.29) is 17.5 Å². The summed E-state index contributed by atoms with van der Waals surface area (Å²) in [4.78, 5) is 24.6. The number of likely N-dealkylation sites (N-methyl/N-ethyl adjacent to an activating group) is 2. The van der Waals surface area contributed by atoms with Crippen LogP contribution in [0.25, 0.3) is 0 Å². The molecule has 1 unspecified atom stereocenters. The molecule has 1 N–H and O–H groups in total. The topological polar surface area (TPSA) is 52.2 Å². The summed E-state index contributed by atoms with van der Waals surface area (Å²) in [6.07, 6.45) is 1.15. The van der Waals surface area contributed by atoms with Crippen molar-refractivity contribution in [2.24, 2.45) is 0 Å². The Balaban J connectivity index is 2.39. The van der Waals surface area contributed by atoms with Crippen LogP contribution in [0.2, 0.25) is 0 Å². The Morgan fingerprint density at radius 1 is 1.30 bits per heavy atom. The third-order valence-corrected chi connectivity index (χ3v) is 4.12. The number of nitrogens with one attached hydrogen (secondary N) is 1. The van der Waals surface area contributed by atoms with Gasteiger partial charge in [0.05, 0.1) is 6.04 Å². The van der Waals surface area contributed by atoms with E-state index < -0.39 is 0 Å². The summed E-state index contributed by atoms with van der Waals surface area (Å²) >= 11 is 0. The molecule has 1 atom stereocenters.